The molecule has 0 radical (unpaired) electrons. The van der Waals surface area contributed by atoms with E-state index in [0.29, 0.717) is 24.7 Å². The van der Waals surface area contributed by atoms with E-state index in [1.165, 1.54) is 0 Å². The lowest BCUT2D eigenvalue weighted by Crippen LogP contribution is -2.35. The fourth-order valence-corrected chi connectivity index (χ4v) is 2.58. The van der Waals surface area contributed by atoms with Crippen LogP contribution in [0.5, 0.6) is 11.5 Å². The second-order valence-corrected chi connectivity index (χ2v) is 4.92. The maximum absolute atomic E-state index is 11.3. The number of Topliss-reactive ketones (excluding diaryl/α,β-unsaturated/α-hetero) is 1. The third-order valence-electron chi connectivity index (χ3n) is 3.83. The highest BCUT2D eigenvalue weighted by molar-refractivity contribution is 5.79. The fraction of sp³-hybridized carbons (Fsp3) is 0.533. The van der Waals surface area contributed by atoms with Gasteiger partial charge in [-0.2, -0.15) is 0 Å². The number of hydrogen-bond acceptors (Lipinski definition) is 4. The zero-order valence-corrected chi connectivity index (χ0v) is 11.8. The number of ether oxygens (including phenoxy) is 2. The number of ketones is 1. The summed E-state index contributed by atoms with van der Waals surface area (Å²) in [7, 11) is 5.37. The summed E-state index contributed by atoms with van der Waals surface area (Å²) in [4.78, 5) is 13.5. The largest absolute Gasteiger partial charge is 0.497 e. The quantitative estimate of drug-likeness (QED) is 0.837. The van der Waals surface area contributed by atoms with Crippen molar-refractivity contribution in [1.82, 2.24) is 0 Å². The average Bonchev–Trinajstić information content (AvgIpc) is 2.46. The predicted octanol–water partition coefficient (Wildman–Crippen LogP) is 2.65. The molecule has 1 aliphatic carbocycles. The van der Waals surface area contributed by atoms with E-state index in [4.69, 9.17) is 9.47 Å². The van der Waals surface area contributed by atoms with Gasteiger partial charge in [0.2, 0.25) is 0 Å². The molecule has 0 unspecified atom stereocenters. The Kier molecular flexibility index (Phi) is 4.30. The van der Waals surface area contributed by atoms with Crippen LogP contribution in [0.4, 0.5) is 5.69 Å². The molecule has 1 fully saturated rings. The lowest BCUT2D eigenvalue weighted by molar-refractivity contribution is -0.120. The summed E-state index contributed by atoms with van der Waals surface area (Å²) in [6.45, 7) is 0. The Morgan fingerprint density at radius 2 is 1.84 bits per heavy atom. The molecule has 0 aliphatic heterocycles. The standard InChI is InChI=1S/C15H21NO3/c1-16(11-4-6-12(17)7-5-11)14-9-8-13(18-2)10-15(14)19-3/h8-11H,4-7H2,1-3H3. The molecule has 0 bridgehead atoms. The first kappa shape index (κ1) is 13.7. The van der Waals surface area contributed by atoms with E-state index < -0.39 is 0 Å². The van der Waals surface area contributed by atoms with Gasteiger partial charge in [0, 0.05) is 32.0 Å². The molecule has 1 aromatic rings. The number of rotatable bonds is 4. The number of carbonyl (C=O) groups excluding carboxylic acids is 1. The molecule has 0 spiro atoms. The van der Waals surface area contributed by atoms with Crippen molar-refractivity contribution in [2.24, 2.45) is 0 Å². The molecule has 0 N–H and O–H groups in total. The first-order chi connectivity index (χ1) is 9.15. The van der Waals surface area contributed by atoms with Gasteiger partial charge in [-0.15, -0.1) is 0 Å². The van der Waals surface area contributed by atoms with Gasteiger partial charge in [-0.1, -0.05) is 0 Å². The van der Waals surface area contributed by atoms with Crippen LogP contribution in [-0.4, -0.2) is 33.1 Å². The van der Waals surface area contributed by atoms with E-state index in [1.807, 2.05) is 18.2 Å². The highest BCUT2D eigenvalue weighted by Gasteiger charge is 2.24. The smallest absolute Gasteiger partial charge is 0.145 e. The Balaban J connectivity index is 2.18. The molecule has 4 nitrogen and oxygen atoms in total. The van der Waals surface area contributed by atoms with Gasteiger partial charge in [-0.05, 0) is 25.0 Å². The monoisotopic (exact) mass is 263 g/mol. The van der Waals surface area contributed by atoms with Crippen LogP contribution in [0, 0.1) is 0 Å². The summed E-state index contributed by atoms with van der Waals surface area (Å²) in [5.74, 6) is 1.97. The minimum atomic E-state index is 0.381. The number of carbonyl (C=O) groups is 1. The fourth-order valence-electron chi connectivity index (χ4n) is 2.58. The van der Waals surface area contributed by atoms with Crippen molar-refractivity contribution < 1.29 is 14.3 Å². The number of benzene rings is 1. The summed E-state index contributed by atoms with van der Waals surface area (Å²) < 4.78 is 10.6. The Labute approximate surface area is 114 Å². The number of nitrogens with zero attached hydrogens (tertiary/aromatic N) is 1. The van der Waals surface area contributed by atoms with Crippen molar-refractivity contribution in [1.29, 1.82) is 0 Å². The second-order valence-electron chi connectivity index (χ2n) is 4.92. The first-order valence-corrected chi connectivity index (χ1v) is 6.62. The van der Waals surface area contributed by atoms with E-state index in [9.17, 15) is 4.79 Å². The van der Waals surface area contributed by atoms with Gasteiger partial charge in [0.05, 0.1) is 19.9 Å². The van der Waals surface area contributed by atoms with Crippen molar-refractivity contribution in [2.45, 2.75) is 31.7 Å². The molecule has 0 aromatic heterocycles. The molecule has 2 rings (SSSR count). The third kappa shape index (κ3) is 3.00. The van der Waals surface area contributed by atoms with Gasteiger partial charge < -0.3 is 14.4 Å². The van der Waals surface area contributed by atoms with Crippen LogP contribution in [0.25, 0.3) is 0 Å². The lowest BCUT2D eigenvalue weighted by atomic mass is 9.93. The van der Waals surface area contributed by atoms with Crippen molar-refractivity contribution in [3.63, 3.8) is 0 Å². The molecule has 19 heavy (non-hydrogen) atoms. The summed E-state index contributed by atoms with van der Waals surface area (Å²) in [6.07, 6.45) is 3.22. The van der Waals surface area contributed by atoms with E-state index in [0.717, 1.165) is 30.0 Å². The molecule has 0 heterocycles. The van der Waals surface area contributed by atoms with Crippen molar-refractivity contribution >= 4 is 11.5 Å². The van der Waals surface area contributed by atoms with Crippen LogP contribution >= 0.6 is 0 Å². The lowest BCUT2D eigenvalue weighted by Gasteiger charge is -2.33. The van der Waals surface area contributed by atoms with Crippen LogP contribution < -0.4 is 14.4 Å². The minimum Gasteiger partial charge on any atom is -0.497 e. The molecule has 0 saturated heterocycles. The zero-order chi connectivity index (χ0) is 13.8. The van der Waals surface area contributed by atoms with E-state index >= 15 is 0 Å². The zero-order valence-electron chi connectivity index (χ0n) is 11.8. The average molecular weight is 263 g/mol. The van der Waals surface area contributed by atoms with Gasteiger partial charge in [0.1, 0.15) is 17.3 Å². The van der Waals surface area contributed by atoms with Crippen LogP contribution in [0.2, 0.25) is 0 Å². The highest BCUT2D eigenvalue weighted by Crippen LogP contribution is 2.34. The Bertz CT molecular complexity index is 449. The summed E-state index contributed by atoms with van der Waals surface area (Å²) >= 11 is 0. The van der Waals surface area contributed by atoms with Crippen molar-refractivity contribution in [3.8, 4) is 11.5 Å². The van der Waals surface area contributed by atoms with Crippen LogP contribution in [0.3, 0.4) is 0 Å². The summed E-state index contributed by atoms with van der Waals surface area (Å²) in [5, 5.41) is 0. The Morgan fingerprint density at radius 1 is 1.16 bits per heavy atom. The summed E-state index contributed by atoms with van der Waals surface area (Å²) in [6, 6.07) is 6.23. The molecule has 4 heteroatoms. The Hall–Kier alpha value is -1.71. The van der Waals surface area contributed by atoms with Crippen LogP contribution in [0.1, 0.15) is 25.7 Å². The SMILES string of the molecule is COc1ccc(N(C)C2CCC(=O)CC2)c(OC)c1. The first-order valence-electron chi connectivity index (χ1n) is 6.62. The molecule has 1 saturated carbocycles. The summed E-state index contributed by atoms with van der Waals surface area (Å²) in [5.41, 5.74) is 1.04. The van der Waals surface area contributed by atoms with Gasteiger partial charge in [0.15, 0.2) is 0 Å². The molecule has 104 valence electrons. The normalized spacial score (nSPS) is 16.3. The van der Waals surface area contributed by atoms with Crippen LogP contribution in [0.15, 0.2) is 18.2 Å². The predicted molar refractivity (Wildman–Crippen MR) is 75.2 cm³/mol. The van der Waals surface area contributed by atoms with Gasteiger partial charge in [0.25, 0.3) is 0 Å². The van der Waals surface area contributed by atoms with Crippen molar-refractivity contribution in [2.75, 3.05) is 26.2 Å². The molecular formula is C15H21NO3. The molecule has 1 aromatic carbocycles. The minimum absolute atomic E-state index is 0.381. The maximum Gasteiger partial charge on any atom is 0.145 e. The number of anilines is 1. The number of hydrogen-bond donors (Lipinski definition) is 0. The topological polar surface area (TPSA) is 38.8 Å². The van der Waals surface area contributed by atoms with Crippen molar-refractivity contribution in [3.05, 3.63) is 18.2 Å². The molecule has 0 amide bonds. The van der Waals surface area contributed by atoms with Gasteiger partial charge >= 0.3 is 0 Å². The third-order valence-corrected chi connectivity index (χ3v) is 3.83. The molecule has 0 atom stereocenters. The molecule has 1 aliphatic rings. The highest BCUT2D eigenvalue weighted by atomic mass is 16.5. The van der Waals surface area contributed by atoms with E-state index in [-0.39, 0.29) is 0 Å². The number of methoxy groups -OCH3 is 2. The molecular weight excluding hydrogens is 242 g/mol. The Morgan fingerprint density at radius 3 is 2.42 bits per heavy atom. The van der Waals surface area contributed by atoms with Gasteiger partial charge in [-0.25, -0.2) is 0 Å². The van der Waals surface area contributed by atoms with Gasteiger partial charge in [-0.3, -0.25) is 4.79 Å². The van der Waals surface area contributed by atoms with Crippen LogP contribution in [-0.2, 0) is 4.79 Å². The second kappa shape index (κ2) is 5.95. The van der Waals surface area contributed by atoms with E-state index in [2.05, 4.69) is 11.9 Å². The maximum atomic E-state index is 11.3. The van der Waals surface area contributed by atoms with E-state index in [1.54, 1.807) is 14.2 Å².